The Balaban J connectivity index is 1.10. The molecule has 3 saturated carbocycles. The van der Waals surface area contributed by atoms with E-state index >= 15 is 0 Å². The van der Waals surface area contributed by atoms with Crippen LogP contribution >= 0.6 is 11.6 Å². The first-order valence-electron chi connectivity index (χ1n) is 10.3. The molecule has 2 bridgehead atoms. The molecule has 0 atom stereocenters. The molecule has 0 saturated heterocycles. The van der Waals surface area contributed by atoms with Crippen LogP contribution in [0.15, 0.2) is 47.0 Å². The maximum absolute atomic E-state index is 13.8. The summed E-state index contributed by atoms with van der Waals surface area (Å²) in [6.07, 6.45) is 2.18. The number of aryl methyl sites for hydroxylation is 1. The predicted octanol–water partition coefficient (Wildman–Crippen LogP) is 4.12. The van der Waals surface area contributed by atoms with Crippen LogP contribution in [0.5, 0.6) is 11.5 Å². The number of aromatic nitrogens is 2. The molecule has 3 fully saturated rings. The van der Waals surface area contributed by atoms with Crippen molar-refractivity contribution in [2.45, 2.75) is 43.7 Å². The summed E-state index contributed by atoms with van der Waals surface area (Å²) < 4.78 is 30.3. The second-order valence-electron chi connectivity index (χ2n) is 8.62. The number of nitrogens with one attached hydrogen (secondary N) is 1. The van der Waals surface area contributed by atoms with E-state index in [1.165, 1.54) is 12.1 Å². The quantitative estimate of drug-likeness (QED) is 0.547. The normalized spacial score (nSPS) is 23.1. The largest absolute Gasteiger partial charge is 0.485 e. The van der Waals surface area contributed by atoms with Gasteiger partial charge in [-0.25, -0.2) is 4.39 Å². The lowest BCUT2D eigenvalue weighted by atomic mass is 9.39. The van der Waals surface area contributed by atoms with E-state index in [0.29, 0.717) is 22.5 Å². The van der Waals surface area contributed by atoms with E-state index in [0.717, 1.165) is 24.8 Å². The maximum Gasteiger partial charge on any atom is 0.258 e. The summed E-state index contributed by atoms with van der Waals surface area (Å²) in [5, 5.41) is 7.64. The molecule has 0 radical (unpaired) electrons. The number of rotatable bonds is 8. The molecule has 32 heavy (non-hydrogen) atoms. The fraction of sp³-hybridized carbons (Fsp3) is 0.348. The molecule has 2 aromatic carbocycles. The van der Waals surface area contributed by atoms with Crippen LogP contribution < -0.4 is 14.8 Å². The Morgan fingerprint density at radius 3 is 2.66 bits per heavy atom. The van der Waals surface area contributed by atoms with Gasteiger partial charge in [0.05, 0.1) is 5.41 Å². The number of nitrogens with zero attached hydrogens (tertiary/aromatic N) is 2. The van der Waals surface area contributed by atoms with Crippen LogP contribution in [-0.2, 0) is 16.8 Å². The molecular weight excluding hydrogens is 437 g/mol. The van der Waals surface area contributed by atoms with Crippen LogP contribution in [0.25, 0.3) is 0 Å². The van der Waals surface area contributed by atoms with Crippen molar-refractivity contribution in [2.24, 2.45) is 0 Å². The third-order valence-corrected chi connectivity index (χ3v) is 6.24. The van der Waals surface area contributed by atoms with Crippen molar-refractivity contribution >= 4 is 17.5 Å². The highest BCUT2D eigenvalue weighted by molar-refractivity contribution is 6.30. The molecule has 0 aliphatic heterocycles. The van der Waals surface area contributed by atoms with E-state index in [4.69, 9.17) is 25.6 Å². The van der Waals surface area contributed by atoms with E-state index in [2.05, 4.69) is 15.5 Å². The summed E-state index contributed by atoms with van der Waals surface area (Å²) >= 11 is 5.87. The molecule has 7 nitrogen and oxygen atoms in total. The number of amides is 1. The predicted molar refractivity (Wildman–Crippen MR) is 113 cm³/mol. The number of ether oxygens (including phenoxy) is 2. The van der Waals surface area contributed by atoms with Gasteiger partial charge in [0.15, 0.2) is 24.8 Å². The Kier molecular flexibility index (Phi) is 5.04. The minimum Gasteiger partial charge on any atom is -0.485 e. The fourth-order valence-electron chi connectivity index (χ4n) is 4.55. The van der Waals surface area contributed by atoms with Crippen LogP contribution in [-0.4, -0.2) is 28.2 Å². The van der Waals surface area contributed by atoms with Gasteiger partial charge in [-0.05, 0) is 68.1 Å². The smallest absolute Gasteiger partial charge is 0.258 e. The summed E-state index contributed by atoms with van der Waals surface area (Å²) in [6, 6.07) is 11.7. The molecular formula is C23H21ClFN3O4. The highest BCUT2D eigenvalue weighted by Crippen LogP contribution is 2.67. The standard InChI is InChI=1S/C23H21ClFN3O4/c1-14-2-7-18(17(25)8-14)31-10-20(29)27-23-11-22(12-23,13-23)21-26-19(28-32-21)9-30-16-5-3-15(24)4-6-16/h2-8H,9-13H2,1H3,(H,27,29). The first-order valence-corrected chi connectivity index (χ1v) is 10.6. The molecule has 3 aromatic rings. The number of carbonyl (C=O) groups is 1. The lowest BCUT2D eigenvalue weighted by Crippen LogP contribution is -2.77. The van der Waals surface area contributed by atoms with Gasteiger partial charge in [-0.1, -0.05) is 22.8 Å². The van der Waals surface area contributed by atoms with Crippen molar-refractivity contribution in [3.63, 3.8) is 0 Å². The van der Waals surface area contributed by atoms with Gasteiger partial charge < -0.3 is 19.3 Å². The lowest BCUT2D eigenvalue weighted by Gasteiger charge is -2.68. The zero-order valence-corrected chi connectivity index (χ0v) is 18.1. The SMILES string of the molecule is Cc1ccc(OCC(=O)NC23CC(c4nc(COc5ccc(Cl)cc5)no4)(C2)C3)c(F)c1. The van der Waals surface area contributed by atoms with Gasteiger partial charge in [0.2, 0.25) is 11.7 Å². The van der Waals surface area contributed by atoms with Crippen molar-refractivity contribution in [3.8, 4) is 11.5 Å². The summed E-state index contributed by atoms with van der Waals surface area (Å²) in [5.74, 6) is 1.02. The highest BCUT2D eigenvalue weighted by Gasteiger charge is 2.72. The molecule has 1 N–H and O–H groups in total. The Bertz CT molecular complexity index is 1140. The summed E-state index contributed by atoms with van der Waals surface area (Å²) in [5.41, 5.74) is 0.322. The van der Waals surface area contributed by atoms with E-state index < -0.39 is 5.82 Å². The van der Waals surface area contributed by atoms with E-state index in [-0.39, 0.29) is 35.8 Å². The second-order valence-corrected chi connectivity index (χ2v) is 9.06. The number of hydrogen-bond acceptors (Lipinski definition) is 6. The average molecular weight is 458 g/mol. The number of halogens is 2. The van der Waals surface area contributed by atoms with Gasteiger partial charge in [0.25, 0.3) is 5.91 Å². The Hall–Kier alpha value is -3.13. The molecule has 0 unspecified atom stereocenters. The molecule has 9 heteroatoms. The Labute approximate surface area is 188 Å². The van der Waals surface area contributed by atoms with Crippen molar-refractivity contribution in [2.75, 3.05) is 6.61 Å². The number of hydrogen-bond donors (Lipinski definition) is 1. The molecule has 3 aliphatic rings. The molecule has 1 heterocycles. The van der Waals surface area contributed by atoms with Gasteiger partial charge in [0.1, 0.15) is 5.75 Å². The summed E-state index contributed by atoms with van der Waals surface area (Å²) in [6.45, 7) is 1.74. The van der Waals surface area contributed by atoms with E-state index in [1.54, 1.807) is 37.3 Å². The van der Waals surface area contributed by atoms with Crippen LogP contribution in [0.4, 0.5) is 4.39 Å². The van der Waals surface area contributed by atoms with Crippen molar-refractivity contribution in [1.29, 1.82) is 0 Å². The first-order chi connectivity index (χ1) is 15.3. The minimum absolute atomic E-state index is 0.0685. The van der Waals surface area contributed by atoms with Gasteiger partial charge in [0, 0.05) is 10.6 Å². The zero-order valence-electron chi connectivity index (χ0n) is 17.4. The van der Waals surface area contributed by atoms with Crippen molar-refractivity contribution in [3.05, 3.63) is 70.6 Å². The molecule has 1 aromatic heterocycles. The van der Waals surface area contributed by atoms with Crippen molar-refractivity contribution < 1.29 is 23.2 Å². The zero-order chi connectivity index (χ0) is 22.3. The van der Waals surface area contributed by atoms with Gasteiger partial charge in [-0.2, -0.15) is 4.98 Å². The van der Waals surface area contributed by atoms with E-state index in [1.807, 2.05) is 0 Å². The van der Waals surface area contributed by atoms with Crippen LogP contribution in [0.1, 0.15) is 36.5 Å². The fourth-order valence-corrected chi connectivity index (χ4v) is 4.68. The molecule has 1 amide bonds. The molecule has 3 aliphatic carbocycles. The number of benzene rings is 2. The maximum atomic E-state index is 13.8. The van der Waals surface area contributed by atoms with Gasteiger partial charge in [-0.15, -0.1) is 0 Å². The highest BCUT2D eigenvalue weighted by atomic mass is 35.5. The third-order valence-electron chi connectivity index (χ3n) is 5.98. The molecule has 6 rings (SSSR count). The van der Waals surface area contributed by atoms with Crippen LogP contribution in [0, 0.1) is 12.7 Å². The van der Waals surface area contributed by atoms with Crippen LogP contribution in [0.3, 0.4) is 0 Å². The Morgan fingerprint density at radius 1 is 1.19 bits per heavy atom. The Morgan fingerprint density at radius 2 is 1.94 bits per heavy atom. The summed E-state index contributed by atoms with van der Waals surface area (Å²) in [4.78, 5) is 16.7. The van der Waals surface area contributed by atoms with Gasteiger partial charge >= 0.3 is 0 Å². The average Bonchev–Trinajstić information content (AvgIpc) is 3.17. The van der Waals surface area contributed by atoms with Crippen LogP contribution in [0.2, 0.25) is 5.02 Å². The monoisotopic (exact) mass is 457 g/mol. The third kappa shape index (κ3) is 3.90. The van der Waals surface area contributed by atoms with Crippen molar-refractivity contribution in [1.82, 2.24) is 15.5 Å². The second kappa shape index (κ2) is 7.78. The topological polar surface area (TPSA) is 86.5 Å². The molecule has 0 spiro atoms. The minimum atomic E-state index is -0.477. The van der Waals surface area contributed by atoms with E-state index in [9.17, 15) is 9.18 Å². The van der Waals surface area contributed by atoms with Gasteiger partial charge in [-0.3, -0.25) is 4.79 Å². The lowest BCUT2D eigenvalue weighted by molar-refractivity contribution is -0.143. The first kappa shape index (κ1) is 20.8. The summed E-state index contributed by atoms with van der Waals surface area (Å²) in [7, 11) is 0. The number of carbonyl (C=O) groups excluding carboxylic acids is 1. The molecule has 166 valence electrons.